The topological polar surface area (TPSA) is 47.8 Å². The quantitative estimate of drug-likeness (QED) is 0.677. The minimum Gasteiger partial charge on any atom is -0.267 e. The molecule has 20 heavy (non-hydrogen) atoms. The number of hydrogen-bond acceptors (Lipinski definition) is 3. The second-order valence-corrected chi connectivity index (χ2v) is 4.84. The van der Waals surface area contributed by atoms with Gasteiger partial charge in [0, 0.05) is 5.39 Å². The van der Waals surface area contributed by atoms with Crippen LogP contribution in [0.15, 0.2) is 41.3 Å². The van der Waals surface area contributed by atoms with Crippen molar-refractivity contribution in [2.75, 3.05) is 0 Å². The lowest BCUT2D eigenvalue weighted by atomic mass is 10.1. The first-order valence-corrected chi connectivity index (χ1v) is 6.40. The van der Waals surface area contributed by atoms with Gasteiger partial charge in [0.2, 0.25) is 0 Å². The van der Waals surface area contributed by atoms with Crippen molar-refractivity contribution in [3.05, 3.63) is 64.0 Å². The van der Waals surface area contributed by atoms with Crippen molar-refractivity contribution < 1.29 is 4.39 Å². The predicted octanol–water partition coefficient (Wildman–Crippen LogP) is 2.02. The lowest BCUT2D eigenvalue weighted by Gasteiger charge is -2.07. The number of benzene rings is 1. The average Bonchev–Trinajstić information content (AvgIpc) is 2.88. The fraction of sp³-hybridized carbons (Fsp3) is 0.133. The van der Waals surface area contributed by atoms with E-state index < -0.39 is 5.82 Å². The van der Waals surface area contributed by atoms with Crippen LogP contribution in [0.2, 0.25) is 0 Å². The Labute approximate surface area is 113 Å². The van der Waals surface area contributed by atoms with E-state index in [0.29, 0.717) is 11.2 Å². The largest absolute Gasteiger partial charge is 0.280 e. The van der Waals surface area contributed by atoms with E-state index in [2.05, 4.69) is 10.1 Å². The zero-order chi connectivity index (χ0) is 13.7. The smallest absolute Gasteiger partial charge is 0.267 e. The highest BCUT2D eigenvalue weighted by Crippen LogP contribution is 2.27. The van der Waals surface area contributed by atoms with Gasteiger partial charge < -0.3 is 0 Å². The van der Waals surface area contributed by atoms with Crippen molar-refractivity contribution in [1.29, 1.82) is 0 Å². The molecule has 0 saturated carbocycles. The zero-order valence-corrected chi connectivity index (χ0v) is 10.5. The second-order valence-electron chi connectivity index (χ2n) is 4.84. The highest BCUT2D eigenvalue weighted by atomic mass is 19.1. The van der Waals surface area contributed by atoms with Crippen molar-refractivity contribution in [3.8, 4) is 5.82 Å². The van der Waals surface area contributed by atoms with Gasteiger partial charge in [0.05, 0.1) is 17.3 Å². The minimum absolute atomic E-state index is 0.216. The Kier molecular flexibility index (Phi) is 2.24. The summed E-state index contributed by atoms with van der Waals surface area (Å²) in [6, 6.07) is 8.45. The summed E-state index contributed by atoms with van der Waals surface area (Å²) in [5, 5.41) is 6.01. The van der Waals surface area contributed by atoms with E-state index in [9.17, 15) is 9.18 Å². The number of pyridine rings is 1. The van der Waals surface area contributed by atoms with E-state index in [0.717, 1.165) is 30.1 Å². The molecular formula is C15H10FN3O. The van der Waals surface area contributed by atoms with Gasteiger partial charge in [0.15, 0.2) is 5.82 Å². The highest BCUT2D eigenvalue weighted by Gasteiger charge is 2.19. The monoisotopic (exact) mass is 267 g/mol. The third kappa shape index (κ3) is 1.49. The molecule has 0 spiro atoms. The minimum atomic E-state index is -0.436. The first-order valence-electron chi connectivity index (χ1n) is 6.40. The molecule has 0 saturated heterocycles. The molecule has 0 unspecified atom stereocenters. The first-order chi connectivity index (χ1) is 9.74. The van der Waals surface area contributed by atoms with E-state index in [-0.39, 0.29) is 5.56 Å². The third-order valence-electron chi connectivity index (χ3n) is 3.64. The molecule has 0 radical (unpaired) electrons. The summed E-state index contributed by atoms with van der Waals surface area (Å²) in [5.74, 6) is -0.0960. The number of rotatable bonds is 1. The van der Waals surface area contributed by atoms with Gasteiger partial charge in [-0.05, 0) is 36.6 Å². The zero-order valence-electron chi connectivity index (χ0n) is 10.5. The van der Waals surface area contributed by atoms with Crippen molar-refractivity contribution in [2.24, 2.45) is 0 Å². The second kappa shape index (κ2) is 3.96. The Balaban J connectivity index is 2.06. The third-order valence-corrected chi connectivity index (χ3v) is 3.64. The van der Waals surface area contributed by atoms with Gasteiger partial charge in [-0.2, -0.15) is 9.78 Å². The molecule has 98 valence electrons. The summed E-state index contributed by atoms with van der Waals surface area (Å²) in [7, 11) is 0. The summed E-state index contributed by atoms with van der Waals surface area (Å²) >= 11 is 0. The van der Waals surface area contributed by atoms with Crippen molar-refractivity contribution in [2.45, 2.75) is 12.8 Å². The normalized spacial score (nSPS) is 13.1. The van der Waals surface area contributed by atoms with E-state index in [4.69, 9.17) is 0 Å². The molecule has 0 amide bonds. The number of halogens is 1. The molecule has 0 fully saturated rings. The maximum atomic E-state index is 12.9. The first kappa shape index (κ1) is 11.3. The van der Waals surface area contributed by atoms with Crippen LogP contribution in [0.1, 0.15) is 11.3 Å². The van der Waals surface area contributed by atoms with E-state index in [1.165, 1.54) is 22.4 Å². The number of nitrogens with zero attached hydrogens (tertiary/aromatic N) is 3. The number of aromatic nitrogens is 3. The fourth-order valence-electron chi connectivity index (χ4n) is 2.73. The van der Waals surface area contributed by atoms with Crippen molar-refractivity contribution in [1.82, 2.24) is 14.8 Å². The fourth-order valence-corrected chi connectivity index (χ4v) is 2.73. The van der Waals surface area contributed by atoms with Crippen molar-refractivity contribution in [3.63, 3.8) is 0 Å². The van der Waals surface area contributed by atoms with Crippen LogP contribution in [0.3, 0.4) is 0 Å². The summed E-state index contributed by atoms with van der Waals surface area (Å²) in [5.41, 5.74) is 1.86. The molecule has 5 heteroatoms. The molecule has 1 aliphatic rings. The Bertz CT molecular complexity index is 884. The molecule has 3 aromatic rings. The summed E-state index contributed by atoms with van der Waals surface area (Å²) < 4.78 is 14.2. The van der Waals surface area contributed by atoms with Crippen molar-refractivity contribution >= 4 is 10.8 Å². The average molecular weight is 267 g/mol. The molecule has 0 aliphatic heterocycles. The van der Waals surface area contributed by atoms with E-state index >= 15 is 0 Å². The SMILES string of the molecule is O=c1c2cccc3c2c(nn1-c1ccc(F)cn1)CC3. The van der Waals surface area contributed by atoms with Crippen LogP contribution in [-0.2, 0) is 12.8 Å². The molecule has 1 aromatic carbocycles. The lowest BCUT2D eigenvalue weighted by molar-refractivity contribution is 0.618. The van der Waals surface area contributed by atoms with Gasteiger partial charge in [-0.15, -0.1) is 0 Å². The molecule has 4 nitrogen and oxygen atoms in total. The molecule has 1 aliphatic carbocycles. The molecule has 4 rings (SSSR count). The number of aryl methyl sites for hydroxylation is 2. The molecule has 0 bridgehead atoms. The predicted molar refractivity (Wildman–Crippen MR) is 72.5 cm³/mol. The molecule has 2 heterocycles. The van der Waals surface area contributed by atoms with E-state index in [1.54, 1.807) is 6.07 Å². The van der Waals surface area contributed by atoms with Crippen LogP contribution in [0.25, 0.3) is 16.6 Å². The summed E-state index contributed by atoms with van der Waals surface area (Å²) in [6.45, 7) is 0. The Morgan fingerprint density at radius 1 is 1.15 bits per heavy atom. The van der Waals surface area contributed by atoms with Gasteiger partial charge in [0.1, 0.15) is 5.82 Å². The summed E-state index contributed by atoms with van der Waals surface area (Å²) in [4.78, 5) is 16.4. The van der Waals surface area contributed by atoms with Gasteiger partial charge in [-0.25, -0.2) is 9.37 Å². The highest BCUT2D eigenvalue weighted by molar-refractivity contribution is 5.88. The van der Waals surface area contributed by atoms with Crippen LogP contribution in [0, 0.1) is 5.82 Å². The van der Waals surface area contributed by atoms with Gasteiger partial charge in [0.25, 0.3) is 5.56 Å². The van der Waals surface area contributed by atoms with Crippen LogP contribution < -0.4 is 5.56 Å². The maximum absolute atomic E-state index is 12.9. The van der Waals surface area contributed by atoms with E-state index in [1.807, 2.05) is 12.1 Å². The maximum Gasteiger partial charge on any atom is 0.280 e. The molecule has 2 aromatic heterocycles. The standard InChI is InChI=1S/C15H10FN3O/c16-10-5-7-13(17-8-10)19-15(20)11-3-1-2-9-4-6-12(18-19)14(9)11/h1-3,5,7-8H,4,6H2. The number of hydrogen-bond donors (Lipinski definition) is 0. The Hall–Kier alpha value is -2.56. The molecule has 0 N–H and O–H groups in total. The Morgan fingerprint density at radius 2 is 2.05 bits per heavy atom. The lowest BCUT2D eigenvalue weighted by Crippen LogP contribution is -2.23. The molecular weight excluding hydrogens is 257 g/mol. The summed E-state index contributed by atoms with van der Waals surface area (Å²) in [6.07, 6.45) is 2.81. The van der Waals surface area contributed by atoms with Crippen LogP contribution in [-0.4, -0.2) is 14.8 Å². The van der Waals surface area contributed by atoms with Gasteiger partial charge in [-0.3, -0.25) is 4.79 Å². The molecule has 0 atom stereocenters. The Morgan fingerprint density at radius 3 is 2.85 bits per heavy atom. The van der Waals surface area contributed by atoms with Crippen LogP contribution in [0.4, 0.5) is 4.39 Å². The van der Waals surface area contributed by atoms with Gasteiger partial charge >= 0.3 is 0 Å². The van der Waals surface area contributed by atoms with Crippen LogP contribution in [0.5, 0.6) is 0 Å². The van der Waals surface area contributed by atoms with Gasteiger partial charge in [-0.1, -0.05) is 12.1 Å². The van der Waals surface area contributed by atoms with Crippen LogP contribution >= 0.6 is 0 Å².